The molecule has 5 heteroatoms. The second kappa shape index (κ2) is 6.26. The van der Waals surface area contributed by atoms with E-state index in [0.717, 1.165) is 0 Å². The highest BCUT2D eigenvalue weighted by Crippen LogP contribution is 2.23. The summed E-state index contributed by atoms with van der Waals surface area (Å²) in [5, 5.41) is 5.43. The topological polar surface area (TPSA) is 41.1 Å². The molecule has 1 aromatic rings. The summed E-state index contributed by atoms with van der Waals surface area (Å²) in [6.45, 7) is 1.85. The standard InChI is InChI=1S/C12H12BrFN2O/c1-3-6-15-12(17)8(2)16-11-7-9(14)4-5-10(11)13/h1,4-5,7-8,16H,6H2,2H3,(H,15,17). The molecule has 0 saturated heterocycles. The fourth-order valence-corrected chi connectivity index (χ4v) is 1.56. The third-order valence-corrected chi connectivity index (χ3v) is 2.75. The molecule has 1 atom stereocenters. The van der Waals surface area contributed by atoms with Gasteiger partial charge < -0.3 is 10.6 Å². The van der Waals surface area contributed by atoms with E-state index in [9.17, 15) is 9.18 Å². The van der Waals surface area contributed by atoms with E-state index in [1.165, 1.54) is 12.1 Å². The number of halogens is 2. The van der Waals surface area contributed by atoms with Gasteiger partial charge in [-0.15, -0.1) is 6.42 Å². The van der Waals surface area contributed by atoms with Gasteiger partial charge >= 0.3 is 0 Å². The van der Waals surface area contributed by atoms with Crippen LogP contribution in [0, 0.1) is 18.2 Å². The van der Waals surface area contributed by atoms with Gasteiger partial charge in [-0.2, -0.15) is 0 Å². The van der Waals surface area contributed by atoms with E-state index in [1.54, 1.807) is 13.0 Å². The molecule has 1 unspecified atom stereocenters. The monoisotopic (exact) mass is 298 g/mol. The highest BCUT2D eigenvalue weighted by atomic mass is 79.9. The summed E-state index contributed by atoms with van der Waals surface area (Å²) in [7, 11) is 0. The van der Waals surface area contributed by atoms with Crippen LogP contribution in [-0.2, 0) is 4.79 Å². The van der Waals surface area contributed by atoms with Gasteiger partial charge in [0, 0.05) is 4.47 Å². The summed E-state index contributed by atoms with van der Waals surface area (Å²) in [5.74, 6) is 1.70. The first-order chi connectivity index (χ1) is 8.04. The lowest BCUT2D eigenvalue weighted by molar-refractivity contribution is -0.121. The Kier molecular flexibility index (Phi) is 4.98. The van der Waals surface area contributed by atoms with E-state index >= 15 is 0 Å². The van der Waals surface area contributed by atoms with Crippen molar-refractivity contribution < 1.29 is 9.18 Å². The summed E-state index contributed by atoms with van der Waals surface area (Å²) >= 11 is 3.27. The number of carbonyl (C=O) groups is 1. The van der Waals surface area contributed by atoms with Gasteiger partial charge in [0.25, 0.3) is 0 Å². The average Bonchev–Trinajstić information content (AvgIpc) is 2.30. The third kappa shape index (κ3) is 4.08. The van der Waals surface area contributed by atoms with Crippen molar-refractivity contribution in [1.82, 2.24) is 5.32 Å². The number of hydrogen-bond acceptors (Lipinski definition) is 2. The third-order valence-electron chi connectivity index (χ3n) is 2.06. The van der Waals surface area contributed by atoms with Gasteiger partial charge in [0.2, 0.25) is 5.91 Å². The maximum atomic E-state index is 13.0. The molecule has 0 aliphatic heterocycles. The van der Waals surface area contributed by atoms with Crippen LogP contribution in [0.1, 0.15) is 6.92 Å². The van der Waals surface area contributed by atoms with Crippen LogP contribution in [-0.4, -0.2) is 18.5 Å². The van der Waals surface area contributed by atoms with Crippen molar-refractivity contribution in [3.8, 4) is 12.3 Å². The first-order valence-corrected chi connectivity index (χ1v) is 5.76. The average molecular weight is 299 g/mol. The van der Waals surface area contributed by atoms with Crippen LogP contribution in [0.4, 0.5) is 10.1 Å². The quantitative estimate of drug-likeness (QED) is 0.836. The van der Waals surface area contributed by atoms with Crippen LogP contribution >= 0.6 is 15.9 Å². The molecule has 0 heterocycles. The van der Waals surface area contributed by atoms with Gasteiger partial charge in [-0.05, 0) is 41.1 Å². The van der Waals surface area contributed by atoms with Gasteiger partial charge in [-0.25, -0.2) is 4.39 Å². The lowest BCUT2D eigenvalue weighted by atomic mass is 10.2. The van der Waals surface area contributed by atoms with Crippen LogP contribution < -0.4 is 10.6 Å². The van der Waals surface area contributed by atoms with Crippen LogP contribution in [0.15, 0.2) is 22.7 Å². The molecule has 0 bridgehead atoms. The SMILES string of the molecule is C#CCNC(=O)C(C)Nc1cc(F)ccc1Br. The molecule has 1 aromatic carbocycles. The van der Waals surface area contributed by atoms with Crippen LogP contribution in [0.5, 0.6) is 0 Å². The minimum Gasteiger partial charge on any atom is -0.373 e. The number of terminal acetylenes is 1. The number of nitrogens with one attached hydrogen (secondary N) is 2. The number of amides is 1. The molecule has 0 radical (unpaired) electrons. The van der Waals surface area contributed by atoms with E-state index in [2.05, 4.69) is 32.5 Å². The highest BCUT2D eigenvalue weighted by Gasteiger charge is 2.13. The first-order valence-electron chi connectivity index (χ1n) is 4.97. The molecule has 1 amide bonds. The molecule has 0 spiro atoms. The van der Waals surface area contributed by atoms with Gasteiger partial charge in [0.05, 0.1) is 12.2 Å². The Morgan fingerprint density at radius 3 is 3.00 bits per heavy atom. The lowest BCUT2D eigenvalue weighted by Crippen LogP contribution is -2.37. The van der Waals surface area contributed by atoms with Crippen molar-refractivity contribution in [3.63, 3.8) is 0 Å². The molecule has 17 heavy (non-hydrogen) atoms. The molecule has 1 rings (SSSR count). The van der Waals surface area contributed by atoms with Gasteiger partial charge in [-0.3, -0.25) is 4.79 Å². The van der Waals surface area contributed by atoms with Crippen molar-refractivity contribution in [3.05, 3.63) is 28.5 Å². The second-order valence-electron chi connectivity index (χ2n) is 3.41. The Morgan fingerprint density at radius 2 is 2.35 bits per heavy atom. The molecule has 0 fully saturated rings. The number of anilines is 1. The number of benzene rings is 1. The second-order valence-corrected chi connectivity index (χ2v) is 4.27. The molecule has 2 N–H and O–H groups in total. The summed E-state index contributed by atoms with van der Waals surface area (Å²) in [4.78, 5) is 11.5. The minimum atomic E-state index is -0.499. The fraction of sp³-hybridized carbons (Fsp3) is 0.250. The van der Waals surface area contributed by atoms with Crippen molar-refractivity contribution >= 4 is 27.5 Å². The minimum absolute atomic E-state index is 0.176. The molecule has 3 nitrogen and oxygen atoms in total. The Morgan fingerprint density at radius 1 is 1.65 bits per heavy atom. The first kappa shape index (κ1) is 13.5. The molecule has 0 saturated carbocycles. The summed E-state index contributed by atoms with van der Waals surface area (Å²) in [5.41, 5.74) is 0.522. The van der Waals surface area contributed by atoms with Gasteiger partial charge in [0.15, 0.2) is 0 Å². The van der Waals surface area contributed by atoms with E-state index in [0.29, 0.717) is 10.2 Å². The van der Waals surface area contributed by atoms with Gasteiger partial charge in [-0.1, -0.05) is 5.92 Å². The molecular weight excluding hydrogens is 287 g/mol. The molecule has 0 aliphatic rings. The van der Waals surface area contributed by atoms with E-state index in [-0.39, 0.29) is 18.3 Å². The molecule has 0 aromatic heterocycles. The lowest BCUT2D eigenvalue weighted by Gasteiger charge is -2.15. The largest absolute Gasteiger partial charge is 0.373 e. The van der Waals surface area contributed by atoms with Crippen LogP contribution in [0.25, 0.3) is 0 Å². The van der Waals surface area contributed by atoms with E-state index in [4.69, 9.17) is 6.42 Å². The zero-order valence-electron chi connectivity index (χ0n) is 9.26. The zero-order chi connectivity index (χ0) is 12.8. The maximum absolute atomic E-state index is 13.0. The Hall–Kier alpha value is -1.54. The summed E-state index contributed by atoms with van der Waals surface area (Å²) in [6.07, 6.45) is 5.03. The summed E-state index contributed by atoms with van der Waals surface area (Å²) < 4.78 is 13.7. The maximum Gasteiger partial charge on any atom is 0.242 e. The van der Waals surface area contributed by atoms with Gasteiger partial charge in [0.1, 0.15) is 11.9 Å². The van der Waals surface area contributed by atoms with E-state index < -0.39 is 6.04 Å². The molecule has 90 valence electrons. The predicted molar refractivity (Wildman–Crippen MR) is 69.0 cm³/mol. The van der Waals surface area contributed by atoms with Crippen LogP contribution in [0.3, 0.4) is 0 Å². The summed E-state index contributed by atoms with van der Waals surface area (Å²) in [6, 6.07) is 3.72. The van der Waals surface area contributed by atoms with E-state index in [1.807, 2.05) is 0 Å². The predicted octanol–water partition coefficient (Wildman–Crippen LogP) is 2.14. The van der Waals surface area contributed by atoms with Crippen molar-refractivity contribution in [2.45, 2.75) is 13.0 Å². The van der Waals surface area contributed by atoms with Crippen LogP contribution in [0.2, 0.25) is 0 Å². The highest BCUT2D eigenvalue weighted by molar-refractivity contribution is 9.10. The zero-order valence-corrected chi connectivity index (χ0v) is 10.8. The molecule has 0 aliphatic carbocycles. The Labute approximate surface area is 108 Å². The molecular formula is C12H12BrFN2O. The Bertz CT molecular complexity index is 456. The van der Waals surface area contributed by atoms with Crippen molar-refractivity contribution in [2.75, 3.05) is 11.9 Å². The van der Waals surface area contributed by atoms with Crippen molar-refractivity contribution in [1.29, 1.82) is 0 Å². The fourth-order valence-electron chi connectivity index (χ4n) is 1.20. The van der Waals surface area contributed by atoms with Crippen molar-refractivity contribution in [2.24, 2.45) is 0 Å². The smallest absolute Gasteiger partial charge is 0.242 e. The number of hydrogen-bond donors (Lipinski definition) is 2. The number of rotatable bonds is 4. The normalized spacial score (nSPS) is 11.4. The number of carbonyl (C=O) groups excluding carboxylic acids is 1. The Balaban J connectivity index is 2.67.